The minimum absolute atomic E-state index is 0. The lowest BCUT2D eigenvalue weighted by molar-refractivity contribution is 0.359. The van der Waals surface area contributed by atoms with E-state index >= 15 is 0 Å². The van der Waals surface area contributed by atoms with Gasteiger partial charge in [-0.25, -0.2) is 4.99 Å². The molecule has 0 unspecified atom stereocenters. The number of nitrogens with one attached hydrogen (secondary N) is 2. The van der Waals surface area contributed by atoms with E-state index in [0.29, 0.717) is 6.54 Å². The van der Waals surface area contributed by atoms with Crippen LogP contribution in [0.2, 0.25) is 5.02 Å². The third-order valence-corrected chi connectivity index (χ3v) is 3.78. The quantitative estimate of drug-likeness (QED) is 0.356. The number of halogens is 2. The SMILES string of the molecule is CCNC(=NCc1ccon1)NCC(C)(C)Cc1cccc(Cl)c1.I. The molecule has 1 aromatic carbocycles. The molecular weight excluding hydrogens is 451 g/mol. The molecule has 0 bridgehead atoms. The first kappa shape index (κ1) is 21.8. The summed E-state index contributed by atoms with van der Waals surface area (Å²) in [5.74, 6) is 0.777. The van der Waals surface area contributed by atoms with E-state index in [-0.39, 0.29) is 29.4 Å². The molecule has 0 saturated carbocycles. The van der Waals surface area contributed by atoms with Gasteiger partial charge in [-0.3, -0.25) is 0 Å². The predicted octanol–water partition coefficient (Wildman–Crippen LogP) is 4.27. The van der Waals surface area contributed by atoms with Crippen LogP contribution in [0.3, 0.4) is 0 Å². The molecule has 138 valence electrons. The van der Waals surface area contributed by atoms with Gasteiger partial charge in [0.2, 0.25) is 0 Å². The molecule has 2 aromatic rings. The van der Waals surface area contributed by atoms with E-state index in [1.807, 2.05) is 31.2 Å². The van der Waals surface area contributed by atoms with Gasteiger partial charge in [-0.1, -0.05) is 42.7 Å². The van der Waals surface area contributed by atoms with Crippen LogP contribution in [0.15, 0.2) is 46.1 Å². The molecule has 0 radical (unpaired) electrons. The molecule has 0 atom stereocenters. The van der Waals surface area contributed by atoms with E-state index in [0.717, 1.165) is 36.2 Å². The normalized spacial score (nSPS) is 11.8. The van der Waals surface area contributed by atoms with Crippen LogP contribution in [-0.4, -0.2) is 24.2 Å². The van der Waals surface area contributed by atoms with Gasteiger partial charge in [0, 0.05) is 24.2 Å². The van der Waals surface area contributed by atoms with Crippen molar-refractivity contribution in [3.05, 3.63) is 52.9 Å². The average Bonchev–Trinajstić information content (AvgIpc) is 3.03. The third kappa shape index (κ3) is 8.09. The summed E-state index contributed by atoms with van der Waals surface area (Å²) in [6.07, 6.45) is 2.49. The predicted molar refractivity (Wildman–Crippen MR) is 114 cm³/mol. The Morgan fingerprint density at radius 3 is 2.72 bits per heavy atom. The maximum Gasteiger partial charge on any atom is 0.191 e. The Balaban J connectivity index is 0.00000312. The summed E-state index contributed by atoms with van der Waals surface area (Å²) in [5.41, 5.74) is 2.11. The van der Waals surface area contributed by atoms with Gasteiger partial charge in [-0.15, -0.1) is 24.0 Å². The van der Waals surface area contributed by atoms with Gasteiger partial charge in [-0.05, 0) is 36.5 Å². The van der Waals surface area contributed by atoms with Gasteiger partial charge >= 0.3 is 0 Å². The zero-order chi connectivity index (χ0) is 17.4. The summed E-state index contributed by atoms with van der Waals surface area (Å²) in [7, 11) is 0. The maximum absolute atomic E-state index is 6.07. The molecule has 0 spiro atoms. The highest BCUT2D eigenvalue weighted by molar-refractivity contribution is 14.0. The summed E-state index contributed by atoms with van der Waals surface area (Å²) in [4.78, 5) is 4.53. The highest BCUT2D eigenvalue weighted by Gasteiger charge is 2.19. The first-order valence-corrected chi connectivity index (χ1v) is 8.52. The highest BCUT2D eigenvalue weighted by atomic mass is 127. The smallest absolute Gasteiger partial charge is 0.191 e. The van der Waals surface area contributed by atoms with E-state index in [1.54, 1.807) is 6.26 Å². The maximum atomic E-state index is 6.07. The Morgan fingerprint density at radius 2 is 2.08 bits per heavy atom. The minimum atomic E-state index is 0. The Labute approximate surface area is 171 Å². The van der Waals surface area contributed by atoms with Crippen LogP contribution in [0.5, 0.6) is 0 Å². The molecule has 7 heteroatoms. The average molecular weight is 477 g/mol. The van der Waals surface area contributed by atoms with Gasteiger partial charge in [-0.2, -0.15) is 0 Å². The van der Waals surface area contributed by atoms with Crippen molar-refractivity contribution in [2.45, 2.75) is 33.7 Å². The zero-order valence-electron chi connectivity index (χ0n) is 14.9. The molecule has 1 aromatic heterocycles. The molecular formula is C18H26ClIN4O. The van der Waals surface area contributed by atoms with Crippen LogP contribution in [0.1, 0.15) is 32.0 Å². The van der Waals surface area contributed by atoms with Crippen molar-refractivity contribution in [1.82, 2.24) is 15.8 Å². The summed E-state index contributed by atoms with van der Waals surface area (Å²) in [5, 5.41) is 11.3. The Morgan fingerprint density at radius 1 is 1.28 bits per heavy atom. The summed E-state index contributed by atoms with van der Waals surface area (Å²) < 4.78 is 4.83. The number of benzene rings is 1. The van der Waals surface area contributed by atoms with Gasteiger partial charge in [0.15, 0.2) is 5.96 Å². The largest absolute Gasteiger partial charge is 0.364 e. The van der Waals surface area contributed by atoms with E-state index in [4.69, 9.17) is 16.1 Å². The van der Waals surface area contributed by atoms with Crippen molar-refractivity contribution in [3.63, 3.8) is 0 Å². The molecule has 0 aliphatic heterocycles. The van der Waals surface area contributed by atoms with E-state index < -0.39 is 0 Å². The van der Waals surface area contributed by atoms with Crippen molar-refractivity contribution < 1.29 is 4.52 Å². The van der Waals surface area contributed by atoms with Gasteiger partial charge < -0.3 is 15.2 Å². The highest BCUT2D eigenvalue weighted by Crippen LogP contribution is 2.22. The molecule has 25 heavy (non-hydrogen) atoms. The molecule has 0 saturated heterocycles. The lowest BCUT2D eigenvalue weighted by Crippen LogP contribution is -2.42. The van der Waals surface area contributed by atoms with Crippen molar-refractivity contribution >= 4 is 41.5 Å². The van der Waals surface area contributed by atoms with Crippen LogP contribution in [0.4, 0.5) is 0 Å². The van der Waals surface area contributed by atoms with Crippen LogP contribution in [-0.2, 0) is 13.0 Å². The molecule has 0 aliphatic carbocycles. The second-order valence-electron chi connectivity index (χ2n) is 6.51. The fourth-order valence-electron chi connectivity index (χ4n) is 2.41. The molecule has 1 heterocycles. The first-order chi connectivity index (χ1) is 11.5. The number of rotatable bonds is 7. The lowest BCUT2D eigenvalue weighted by atomic mass is 9.86. The van der Waals surface area contributed by atoms with Crippen LogP contribution < -0.4 is 10.6 Å². The Kier molecular flexibility index (Phi) is 9.27. The molecule has 0 fully saturated rings. The number of guanidine groups is 1. The monoisotopic (exact) mass is 476 g/mol. The zero-order valence-corrected chi connectivity index (χ0v) is 18.0. The van der Waals surface area contributed by atoms with E-state index in [9.17, 15) is 0 Å². The second-order valence-corrected chi connectivity index (χ2v) is 6.95. The molecule has 0 aliphatic rings. The fraction of sp³-hybridized carbons (Fsp3) is 0.444. The minimum Gasteiger partial charge on any atom is -0.364 e. The molecule has 0 amide bonds. The number of hydrogen-bond acceptors (Lipinski definition) is 3. The van der Waals surface area contributed by atoms with Crippen molar-refractivity contribution in [1.29, 1.82) is 0 Å². The van der Waals surface area contributed by atoms with Crippen LogP contribution in [0, 0.1) is 5.41 Å². The Hall–Kier alpha value is -1.28. The Bertz CT molecular complexity index is 659. The lowest BCUT2D eigenvalue weighted by Gasteiger charge is -2.26. The van der Waals surface area contributed by atoms with E-state index in [2.05, 4.69) is 40.7 Å². The van der Waals surface area contributed by atoms with Gasteiger partial charge in [0.25, 0.3) is 0 Å². The molecule has 2 N–H and O–H groups in total. The van der Waals surface area contributed by atoms with Gasteiger partial charge in [0.1, 0.15) is 12.0 Å². The molecule has 5 nitrogen and oxygen atoms in total. The van der Waals surface area contributed by atoms with Crippen molar-refractivity contribution in [2.24, 2.45) is 10.4 Å². The molecule has 2 rings (SSSR count). The van der Waals surface area contributed by atoms with Crippen molar-refractivity contribution in [3.8, 4) is 0 Å². The van der Waals surface area contributed by atoms with E-state index in [1.165, 1.54) is 5.56 Å². The van der Waals surface area contributed by atoms with Crippen LogP contribution in [0.25, 0.3) is 0 Å². The van der Waals surface area contributed by atoms with Crippen LogP contribution >= 0.6 is 35.6 Å². The topological polar surface area (TPSA) is 62.5 Å². The van der Waals surface area contributed by atoms with Gasteiger partial charge in [0.05, 0.1) is 6.54 Å². The third-order valence-electron chi connectivity index (χ3n) is 3.54. The summed E-state index contributed by atoms with van der Waals surface area (Å²) >= 11 is 6.07. The summed E-state index contributed by atoms with van der Waals surface area (Å²) in [6, 6.07) is 9.83. The standard InChI is InChI=1S/C18H25ClN4O.HI/c1-4-20-17(21-12-16-8-9-24-23-16)22-13-18(2,3)11-14-6-5-7-15(19)10-14;/h5-10H,4,11-13H2,1-3H3,(H2,20,21,22);1H. The van der Waals surface area contributed by atoms with Crippen molar-refractivity contribution in [2.75, 3.05) is 13.1 Å². The fourth-order valence-corrected chi connectivity index (χ4v) is 2.62. The number of aliphatic imine (C=N–C) groups is 1. The number of nitrogens with zero attached hydrogens (tertiary/aromatic N) is 2. The number of hydrogen-bond donors (Lipinski definition) is 2. The number of aromatic nitrogens is 1. The second kappa shape index (κ2) is 10.7. The summed E-state index contributed by atoms with van der Waals surface area (Å²) in [6.45, 7) is 8.58. The first-order valence-electron chi connectivity index (χ1n) is 8.14.